The zero-order valence-electron chi connectivity index (χ0n) is 12.9. The zero-order chi connectivity index (χ0) is 15.3. The number of nitrogens with two attached hydrogens (primary N) is 1. The van der Waals surface area contributed by atoms with Gasteiger partial charge >= 0.3 is 5.97 Å². The second-order valence-electron chi connectivity index (χ2n) is 6.55. The topological polar surface area (TPSA) is 84.7 Å². The molecule has 1 saturated carbocycles. The number of nitrogens with one attached hydrogen (secondary N) is 1. The maximum absolute atomic E-state index is 12.3. The molecule has 3 N–H and O–H groups in total. The van der Waals surface area contributed by atoms with Crippen molar-refractivity contribution in [2.24, 2.45) is 17.2 Å². The van der Waals surface area contributed by atoms with Crippen LogP contribution in [0.4, 0.5) is 0 Å². The van der Waals surface area contributed by atoms with Crippen molar-refractivity contribution in [3.8, 4) is 0 Å². The van der Waals surface area contributed by atoms with Crippen LogP contribution in [0.5, 0.6) is 0 Å². The summed E-state index contributed by atoms with van der Waals surface area (Å²) in [5.74, 6) is 5.08. The Labute approximate surface area is 126 Å². The van der Waals surface area contributed by atoms with Gasteiger partial charge in [-0.2, -0.15) is 5.90 Å². The van der Waals surface area contributed by atoms with Gasteiger partial charge in [0.2, 0.25) is 0 Å². The standard InChI is InChI=1S/C15H27N3O3/c1-15(14(20)21-16)5-2-12(3-6-15)13(19)4-9-18-10-7-17-8-11-18/h12,17H,2-11,16H2,1H3. The van der Waals surface area contributed by atoms with Crippen LogP contribution in [0.15, 0.2) is 0 Å². The molecule has 1 aliphatic heterocycles. The van der Waals surface area contributed by atoms with Gasteiger partial charge < -0.3 is 15.1 Å². The highest BCUT2D eigenvalue weighted by Gasteiger charge is 2.40. The lowest BCUT2D eigenvalue weighted by Gasteiger charge is -2.34. The van der Waals surface area contributed by atoms with E-state index < -0.39 is 5.41 Å². The number of ketones is 1. The Morgan fingerprint density at radius 3 is 2.48 bits per heavy atom. The Balaban J connectivity index is 1.73. The van der Waals surface area contributed by atoms with Crippen molar-refractivity contribution in [2.45, 2.75) is 39.0 Å². The lowest BCUT2D eigenvalue weighted by Crippen LogP contribution is -2.44. The fourth-order valence-corrected chi connectivity index (χ4v) is 3.33. The van der Waals surface area contributed by atoms with E-state index in [9.17, 15) is 9.59 Å². The first-order valence-corrected chi connectivity index (χ1v) is 7.92. The molecule has 0 amide bonds. The molecule has 0 unspecified atom stereocenters. The van der Waals surface area contributed by atoms with Crippen molar-refractivity contribution in [1.82, 2.24) is 10.2 Å². The first kappa shape index (κ1) is 16.4. The van der Waals surface area contributed by atoms with Crippen molar-refractivity contribution in [3.05, 3.63) is 0 Å². The zero-order valence-corrected chi connectivity index (χ0v) is 12.9. The molecule has 0 aromatic rings. The van der Waals surface area contributed by atoms with Crippen molar-refractivity contribution in [1.29, 1.82) is 0 Å². The van der Waals surface area contributed by atoms with Crippen LogP contribution in [0.3, 0.4) is 0 Å². The van der Waals surface area contributed by atoms with Crippen LogP contribution in [-0.4, -0.2) is 49.4 Å². The predicted molar refractivity (Wildman–Crippen MR) is 79.3 cm³/mol. The highest BCUT2D eigenvalue weighted by atomic mass is 16.7. The lowest BCUT2D eigenvalue weighted by atomic mass is 9.70. The Kier molecular flexibility index (Phi) is 5.72. The number of carbonyl (C=O) groups is 2. The minimum atomic E-state index is -0.510. The normalized spacial score (nSPS) is 30.9. The van der Waals surface area contributed by atoms with Crippen LogP contribution < -0.4 is 11.2 Å². The molecule has 1 aliphatic carbocycles. The quantitative estimate of drug-likeness (QED) is 0.717. The maximum Gasteiger partial charge on any atom is 0.330 e. The monoisotopic (exact) mass is 297 g/mol. The molecular formula is C15H27N3O3. The lowest BCUT2D eigenvalue weighted by molar-refractivity contribution is -0.158. The first-order chi connectivity index (χ1) is 10.0. The van der Waals surface area contributed by atoms with Crippen LogP contribution in [0.2, 0.25) is 0 Å². The molecule has 21 heavy (non-hydrogen) atoms. The van der Waals surface area contributed by atoms with E-state index in [-0.39, 0.29) is 11.9 Å². The number of carbonyl (C=O) groups excluding carboxylic acids is 2. The third kappa shape index (κ3) is 4.25. The average molecular weight is 297 g/mol. The summed E-state index contributed by atoms with van der Waals surface area (Å²) in [6.07, 6.45) is 3.54. The van der Waals surface area contributed by atoms with Gasteiger partial charge in [0.05, 0.1) is 5.41 Å². The fourth-order valence-electron chi connectivity index (χ4n) is 3.33. The van der Waals surface area contributed by atoms with Crippen molar-refractivity contribution in [2.75, 3.05) is 32.7 Å². The van der Waals surface area contributed by atoms with Crippen LogP contribution in [0, 0.1) is 11.3 Å². The van der Waals surface area contributed by atoms with Crippen molar-refractivity contribution in [3.63, 3.8) is 0 Å². The van der Waals surface area contributed by atoms with Gasteiger partial charge in [-0.15, -0.1) is 0 Å². The van der Waals surface area contributed by atoms with E-state index in [1.807, 2.05) is 6.92 Å². The van der Waals surface area contributed by atoms with Gasteiger partial charge in [0.25, 0.3) is 0 Å². The fraction of sp³-hybridized carbons (Fsp3) is 0.867. The average Bonchev–Trinajstić information content (AvgIpc) is 2.53. The number of hydrogen-bond donors (Lipinski definition) is 2. The molecule has 120 valence electrons. The van der Waals surface area contributed by atoms with Gasteiger partial charge in [0, 0.05) is 45.1 Å². The molecule has 0 aromatic carbocycles. The summed E-state index contributed by atoms with van der Waals surface area (Å²) in [5, 5.41) is 3.31. The molecule has 6 heteroatoms. The molecule has 1 saturated heterocycles. The molecule has 0 radical (unpaired) electrons. The number of piperazine rings is 1. The molecular weight excluding hydrogens is 270 g/mol. The summed E-state index contributed by atoms with van der Waals surface area (Å²) in [4.78, 5) is 30.7. The van der Waals surface area contributed by atoms with E-state index in [4.69, 9.17) is 5.90 Å². The van der Waals surface area contributed by atoms with E-state index in [1.165, 1.54) is 0 Å². The van der Waals surface area contributed by atoms with Crippen LogP contribution >= 0.6 is 0 Å². The van der Waals surface area contributed by atoms with Gasteiger partial charge in [0.15, 0.2) is 0 Å². The molecule has 2 rings (SSSR count). The minimum absolute atomic E-state index is 0.103. The third-order valence-corrected chi connectivity index (χ3v) is 5.03. The SMILES string of the molecule is CC1(C(=O)ON)CCC(C(=O)CCN2CCNCC2)CC1. The highest BCUT2D eigenvalue weighted by molar-refractivity contribution is 5.82. The summed E-state index contributed by atoms with van der Waals surface area (Å²) >= 11 is 0. The number of Topliss-reactive ketones (excluding diaryl/α,β-unsaturated/α-hetero) is 1. The second kappa shape index (κ2) is 7.33. The maximum atomic E-state index is 12.3. The molecule has 1 heterocycles. The number of nitrogens with zero attached hydrogens (tertiary/aromatic N) is 1. The van der Waals surface area contributed by atoms with Gasteiger partial charge in [-0.25, -0.2) is 4.79 Å². The molecule has 0 aromatic heterocycles. The predicted octanol–water partition coefficient (Wildman–Crippen LogP) is 0.464. The molecule has 2 fully saturated rings. The Hall–Kier alpha value is -0.980. The van der Waals surface area contributed by atoms with Crippen LogP contribution in [0.25, 0.3) is 0 Å². The van der Waals surface area contributed by atoms with Gasteiger partial charge in [-0.1, -0.05) is 0 Å². The first-order valence-electron chi connectivity index (χ1n) is 7.92. The summed E-state index contributed by atoms with van der Waals surface area (Å²) in [6.45, 7) is 6.81. The van der Waals surface area contributed by atoms with Gasteiger partial charge in [-0.3, -0.25) is 4.79 Å². The van der Waals surface area contributed by atoms with E-state index in [0.717, 1.165) is 45.6 Å². The molecule has 0 atom stereocenters. The van der Waals surface area contributed by atoms with Crippen LogP contribution in [-0.2, 0) is 14.4 Å². The van der Waals surface area contributed by atoms with Crippen LogP contribution in [0.1, 0.15) is 39.0 Å². The van der Waals surface area contributed by atoms with E-state index in [2.05, 4.69) is 15.1 Å². The molecule has 0 bridgehead atoms. The van der Waals surface area contributed by atoms with E-state index in [1.54, 1.807) is 0 Å². The smallest absolute Gasteiger partial charge is 0.330 e. The summed E-state index contributed by atoms with van der Waals surface area (Å²) in [5.41, 5.74) is -0.510. The number of hydrogen-bond acceptors (Lipinski definition) is 6. The van der Waals surface area contributed by atoms with Gasteiger partial charge in [0.1, 0.15) is 5.78 Å². The largest absolute Gasteiger partial charge is 0.373 e. The summed E-state index contributed by atoms with van der Waals surface area (Å²) < 4.78 is 0. The highest BCUT2D eigenvalue weighted by Crippen LogP contribution is 2.39. The Morgan fingerprint density at radius 1 is 1.29 bits per heavy atom. The Morgan fingerprint density at radius 2 is 1.90 bits per heavy atom. The minimum Gasteiger partial charge on any atom is -0.373 e. The second-order valence-corrected chi connectivity index (χ2v) is 6.55. The van der Waals surface area contributed by atoms with Crippen molar-refractivity contribution < 1.29 is 14.4 Å². The third-order valence-electron chi connectivity index (χ3n) is 5.03. The Bertz CT molecular complexity index is 372. The summed E-state index contributed by atoms with van der Waals surface area (Å²) in [7, 11) is 0. The molecule has 2 aliphatic rings. The van der Waals surface area contributed by atoms with E-state index >= 15 is 0 Å². The molecule has 6 nitrogen and oxygen atoms in total. The van der Waals surface area contributed by atoms with Gasteiger partial charge in [-0.05, 0) is 32.6 Å². The summed E-state index contributed by atoms with van der Waals surface area (Å²) in [6, 6.07) is 0. The number of rotatable bonds is 5. The van der Waals surface area contributed by atoms with E-state index in [0.29, 0.717) is 25.0 Å². The van der Waals surface area contributed by atoms with Crippen molar-refractivity contribution >= 4 is 11.8 Å². The molecule has 0 spiro atoms.